The minimum atomic E-state index is -0.291. The van der Waals surface area contributed by atoms with Crippen LogP contribution in [0.1, 0.15) is 37.7 Å². The molecule has 2 amide bonds. The van der Waals surface area contributed by atoms with Crippen LogP contribution in [-0.4, -0.2) is 26.6 Å². The molecule has 2 aromatic carbocycles. The number of aromatic nitrogens is 3. The van der Waals surface area contributed by atoms with Crippen molar-refractivity contribution in [3.8, 4) is 5.82 Å². The Morgan fingerprint density at radius 3 is 2.22 bits per heavy atom. The van der Waals surface area contributed by atoms with Crippen molar-refractivity contribution in [2.45, 2.75) is 20.8 Å². The molecule has 0 bridgehead atoms. The molecule has 0 unspecified atom stereocenters. The minimum Gasteiger partial charge on any atom is -0.322 e. The normalized spacial score (nSPS) is 10.6. The molecule has 4 aromatic rings. The molecule has 0 fully saturated rings. The van der Waals surface area contributed by atoms with Crippen molar-refractivity contribution < 1.29 is 9.59 Å². The van der Waals surface area contributed by atoms with Crippen molar-refractivity contribution in [1.82, 2.24) is 14.8 Å². The van der Waals surface area contributed by atoms with Crippen LogP contribution in [0.3, 0.4) is 0 Å². The Morgan fingerprint density at radius 2 is 1.56 bits per heavy atom. The summed E-state index contributed by atoms with van der Waals surface area (Å²) in [5.41, 5.74) is 4.90. The summed E-state index contributed by atoms with van der Waals surface area (Å²) < 4.78 is 1.75. The summed E-state index contributed by atoms with van der Waals surface area (Å²) in [4.78, 5) is 29.7. The van der Waals surface area contributed by atoms with Gasteiger partial charge in [0.1, 0.15) is 0 Å². The van der Waals surface area contributed by atoms with Gasteiger partial charge in [0.2, 0.25) is 0 Å². The van der Waals surface area contributed by atoms with Crippen molar-refractivity contribution in [1.29, 1.82) is 0 Å². The maximum atomic E-state index is 12.8. The van der Waals surface area contributed by atoms with Crippen molar-refractivity contribution in [2.75, 3.05) is 10.6 Å². The fraction of sp³-hybridized carbons (Fsp3) is 0.120. The van der Waals surface area contributed by atoms with Gasteiger partial charge < -0.3 is 10.6 Å². The Kier molecular flexibility index (Phi) is 5.81. The van der Waals surface area contributed by atoms with Gasteiger partial charge in [0.15, 0.2) is 5.82 Å². The summed E-state index contributed by atoms with van der Waals surface area (Å²) in [5.74, 6) is 0.158. The number of aryl methyl sites for hydroxylation is 3. The number of rotatable bonds is 5. The number of pyridine rings is 1. The number of carbonyl (C=O) groups is 2. The van der Waals surface area contributed by atoms with Gasteiger partial charge in [-0.1, -0.05) is 24.3 Å². The first-order valence-corrected chi connectivity index (χ1v) is 10.2. The molecule has 0 saturated heterocycles. The number of anilines is 2. The lowest BCUT2D eigenvalue weighted by atomic mass is 10.1. The summed E-state index contributed by atoms with van der Waals surface area (Å²) in [6, 6.07) is 19.7. The lowest BCUT2D eigenvalue weighted by Gasteiger charge is -2.11. The highest BCUT2D eigenvalue weighted by Crippen LogP contribution is 2.20. The van der Waals surface area contributed by atoms with Crippen LogP contribution in [0, 0.1) is 20.8 Å². The third kappa shape index (κ3) is 4.57. The van der Waals surface area contributed by atoms with Crippen LogP contribution in [0.25, 0.3) is 5.82 Å². The number of amides is 2. The molecule has 7 nitrogen and oxygen atoms in total. The monoisotopic (exact) mass is 425 g/mol. The summed E-state index contributed by atoms with van der Waals surface area (Å²) in [6.45, 7) is 5.77. The molecule has 4 rings (SSSR count). The molecule has 160 valence electrons. The SMILES string of the molecule is Cc1cc(C)n(-c2ccc(NC(=O)c3ccc(C)c(NC(=O)c4ccccc4)c3)cn2)n1. The fourth-order valence-corrected chi connectivity index (χ4v) is 3.33. The largest absolute Gasteiger partial charge is 0.322 e. The van der Waals surface area contributed by atoms with E-state index < -0.39 is 0 Å². The maximum absolute atomic E-state index is 12.8. The van der Waals surface area contributed by atoms with Crippen LogP contribution in [0.5, 0.6) is 0 Å². The highest BCUT2D eigenvalue weighted by Gasteiger charge is 2.12. The molecule has 0 saturated carbocycles. The zero-order valence-electron chi connectivity index (χ0n) is 18.1. The Balaban J connectivity index is 1.48. The van der Waals surface area contributed by atoms with Crippen LogP contribution in [0.15, 0.2) is 72.9 Å². The molecule has 2 N–H and O–H groups in total. The highest BCUT2D eigenvalue weighted by atomic mass is 16.2. The molecule has 0 radical (unpaired) electrons. The van der Waals surface area contributed by atoms with Crippen LogP contribution in [-0.2, 0) is 0 Å². The zero-order chi connectivity index (χ0) is 22.7. The first-order valence-electron chi connectivity index (χ1n) is 10.2. The molecule has 7 heteroatoms. The molecule has 0 atom stereocenters. The smallest absolute Gasteiger partial charge is 0.255 e. The number of nitrogens with one attached hydrogen (secondary N) is 2. The topological polar surface area (TPSA) is 88.9 Å². The van der Waals surface area contributed by atoms with Crippen molar-refractivity contribution in [3.63, 3.8) is 0 Å². The summed E-state index contributed by atoms with van der Waals surface area (Å²) in [5, 5.41) is 10.1. The van der Waals surface area contributed by atoms with Crippen LogP contribution in [0.4, 0.5) is 11.4 Å². The standard InChI is InChI=1S/C25H23N5O2/c1-16-9-10-20(14-22(16)28-24(31)19-7-5-4-6-8-19)25(32)27-21-11-12-23(26-15-21)30-18(3)13-17(2)29-30/h4-15H,1-3H3,(H,27,32)(H,28,31). The van der Waals surface area contributed by atoms with Gasteiger partial charge >= 0.3 is 0 Å². The van der Waals surface area contributed by atoms with E-state index >= 15 is 0 Å². The third-order valence-electron chi connectivity index (χ3n) is 5.02. The second-order valence-corrected chi connectivity index (χ2v) is 7.55. The van der Waals surface area contributed by atoms with Crippen LogP contribution >= 0.6 is 0 Å². The zero-order valence-corrected chi connectivity index (χ0v) is 18.1. The van der Waals surface area contributed by atoms with Gasteiger partial charge in [-0.15, -0.1) is 0 Å². The van der Waals surface area contributed by atoms with Gasteiger partial charge in [0, 0.05) is 22.5 Å². The first-order chi connectivity index (χ1) is 15.4. The average Bonchev–Trinajstić information content (AvgIpc) is 3.14. The van der Waals surface area contributed by atoms with Crippen LogP contribution < -0.4 is 10.6 Å². The molecular weight excluding hydrogens is 402 g/mol. The van der Waals surface area contributed by atoms with E-state index in [4.69, 9.17) is 0 Å². The lowest BCUT2D eigenvalue weighted by molar-refractivity contribution is 0.101. The molecule has 0 aliphatic heterocycles. The van der Waals surface area contributed by atoms with Crippen LogP contribution in [0.2, 0.25) is 0 Å². The third-order valence-corrected chi connectivity index (χ3v) is 5.02. The predicted octanol–water partition coefficient (Wildman–Crippen LogP) is 4.70. The Hall–Kier alpha value is -4.26. The van der Waals surface area contributed by atoms with E-state index in [9.17, 15) is 9.59 Å². The first kappa shape index (κ1) is 21.0. The summed E-state index contributed by atoms with van der Waals surface area (Å²) in [6.07, 6.45) is 1.59. The molecule has 0 aliphatic carbocycles. The van der Waals surface area contributed by atoms with E-state index in [2.05, 4.69) is 20.7 Å². The second-order valence-electron chi connectivity index (χ2n) is 7.55. The van der Waals surface area contributed by atoms with Crippen molar-refractivity contribution in [3.05, 3.63) is 101 Å². The lowest BCUT2D eigenvalue weighted by Crippen LogP contribution is -2.15. The van der Waals surface area contributed by atoms with E-state index in [1.165, 1.54) is 0 Å². The minimum absolute atomic E-state index is 0.227. The highest BCUT2D eigenvalue weighted by molar-refractivity contribution is 6.07. The molecule has 32 heavy (non-hydrogen) atoms. The van der Waals surface area contributed by atoms with E-state index in [0.29, 0.717) is 28.3 Å². The van der Waals surface area contributed by atoms with Crippen molar-refractivity contribution in [2.24, 2.45) is 0 Å². The maximum Gasteiger partial charge on any atom is 0.255 e. The molecule has 0 spiro atoms. The number of nitrogens with zero attached hydrogens (tertiary/aromatic N) is 3. The van der Waals surface area contributed by atoms with Gasteiger partial charge in [0.05, 0.1) is 17.6 Å². The van der Waals surface area contributed by atoms with E-state index in [0.717, 1.165) is 17.0 Å². The number of benzene rings is 2. The van der Waals surface area contributed by atoms with Gasteiger partial charge in [-0.3, -0.25) is 9.59 Å². The molecule has 2 aromatic heterocycles. The van der Waals surface area contributed by atoms with Gasteiger partial charge in [-0.05, 0) is 68.8 Å². The van der Waals surface area contributed by atoms with Gasteiger partial charge in [0.25, 0.3) is 11.8 Å². The molecule has 0 aliphatic rings. The summed E-state index contributed by atoms with van der Waals surface area (Å²) in [7, 11) is 0. The Labute approximate surface area is 186 Å². The molecular formula is C25H23N5O2. The number of hydrogen-bond donors (Lipinski definition) is 2. The van der Waals surface area contributed by atoms with E-state index in [1.807, 2.05) is 32.9 Å². The predicted molar refractivity (Wildman–Crippen MR) is 124 cm³/mol. The Bertz CT molecular complexity index is 1280. The molecule has 2 heterocycles. The second kappa shape index (κ2) is 8.85. The average molecular weight is 425 g/mol. The number of hydrogen-bond acceptors (Lipinski definition) is 4. The fourth-order valence-electron chi connectivity index (χ4n) is 3.33. The van der Waals surface area contributed by atoms with Gasteiger partial charge in [-0.2, -0.15) is 5.10 Å². The van der Waals surface area contributed by atoms with Gasteiger partial charge in [-0.25, -0.2) is 9.67 Å². The van der Waals surface area contributed by atoms with E-state index in [1.54, 1.807) is 65.5 Å². The quantitative estimate of drug-likeness (QED) is 0.485. The summed E-state index contributed by atoms with van der Waals surface area (Å²) >= 11 is 0. The van der Waals surface area contributed by atoms with E-state index in [-0.39, 0.29) is 11.8 Å². The van der Waals surface area contributed by atoms with Crippen molar-refractivity contribution >= 4 is 23.2 Å². The Morgan fingerprint density at radius 1 is 0.812 bits per heavy atom. The number of carbonyl (C=O) groups excluding carboxylic acids is 2.